The second kappa shape index (κ2) is 8.16. The lowest BCUT2D eigenvalue weighted by Gasteiger charge is -2.16. The van der Waals surface area contributed by atoms with Gasteiger partial charge in [0.1, 0.15) is 5.75 Å². The van der Waals surface area contributed by atoms with Crippen molar-refractivity contribution >= 4 is 5.69 Å². The molecule has 0 aromatic heterocycles. The van der Waals surface area contributed by atoms with Gasteiger partial charge in [-0.2, -0.15) is 8.78 Å². The van der Waals surface area contributed by atoms with Crippen LogP contribution in [0.15, 0.2) is 61.0 Å². The normalized spacial score (nSPS) is 11.7. The molecule has 0 saturated heterocycles. The number of alkyl halides is 6. The van der Waals surface area contributed by atoms with Crippen molar-refractivity contribution in [3.05, 3.63) is 72.1 Å². The van der Waals surface area contributed by atoms with Gasteiger partial charge in [-0.25, -0.2) is 17.6 Å². The van der Waals surface area contributed by atoms with Crippen LogP contribution >= 0.6 is 0 Å². The standard InChI is InChI=1S/C18H15F6NO/c1-11(26-15-7-3-5-13(9-15)16(19)20)25-14-6-2-4-12(8-14)10-18(23,24)17(21)22/h2-9,16-17,25H,1,10H2. The summed E-state index contributed by atoms with van der Waals surface area (Å²) in [5, 5.41) is 2.66. The number of rotatable bonds is 8. The van der Waals surface area contributed by atoms with E-state index in [1.165, 1.54) is 42.5 Å². The number of hydrogen-bond donors (Lipinski definition) is 1. The number of nitrogens with one attached hydrogen (secondary N) is 1. The van der Waals surface area contributed by atoms with E-state index in [4.69, 9.17) is 4.74 Å². The van der Waals surface area contributed by atoms with Gasteiger partial charge in [0, 0.05) is 17.7 Å². The van der Waals surface area contributed by atoms with Gasteiger partial charge in [0.2, 0.25) is 0 Å². The smallest absolute Gasteiger partial charge is 0.311 e. The fourth-order valence-electron chi connectivity index (χ4n) is 2.15. The first-order valence-electron chi connectivity index (χ1n) is 7.44. The monoisotopic (exact) mass is 375 g/mol. The maximum absolute atomic E-state index is 13.1. The largest absolute Gasteiger partial charge is 0.442 e. The Bertz CT molecular complexity index is 763. The van der Waals surface area contributed by atoms with E-state index in [0.717, 1.165) is 6.07 Å². The highest BCUT2D eigenvalue weighted by atomic mass is 19.3. The summed E-state index contributed by atoms with van der Waals surface area (Å²) in [7, 11) is 0. The summed E-state index contributed by atoms with van der Waals surface area (Å²) in [4.78, 5) is 0. The molecule has 0 aliphatic carbocycles. The summed E-state index contributed by atoms with van der Waals surface area (Å²) in [6, 6.07) is 10.6. The summed E-state index contributed by atoms with van der Waals surface area (Å²) in [5.41, 5.74) is 0.0434. The molecule has 8 heteroatoms. The van der Waals surface area contributed by atoms with Crippen molar-refractivity contribution in [3.8, 4) is 5.75 Å². The Morgan fingerprint density at radius 1 is 1.04 bits per heavy atom. The minimum Gasteiger partial charge on any atom is -0.442 e. The van der Waals surface area contributed by atoms with Crippen LogP contribution in [0, 0.1) is 0 Å². The average molecular weight is 375 g/mol. The molecule has 0 heterocycles. The highest BCUT2D eigenvalue weighted by Crippen LogP contribution is 2.28. The number of benzene rings is 2. The topological polar surface area (TPSA) is 21.3 Å². The van der Waals surface area contributed by atoms with Crippen LogP contribution in [0.3, 0.4) is 0 Å². The minimum absolute atomic E-state index is 0.00667. The van der Waals surface area contributed by atoms with Gasteiger partial charge < -0.3 is 10.1 Å². The third kappa shape index (κ3) is 5.44. The zero-order valence-corrected chi connectivity index (χ0v) is 13.4. The molecule has 0 aliphatic rings. The highest BCUT2D eigenvalue weighted by Gasteiger charge is 2.40. The Hall–Kier alpha value is -2.64. The van der Waals surface area contributed by atoms with Crippen molar-refractivity contribution < 1.29 is 31.1 Å². The SMILES string of the molecule is C=C(Nc1cccc(CC(F)(F)C(F)F)c1)Oc1cccc(C(F)F)c1. The minimum atomic E-state index is -4.14. The first-order chi connectivity index (χ1) is 12.2. The third-order valence-electron chi connectivity index (χ3n) is 3.32. The molecule has 2 aromatic carbocycles. The van der Waals surface area contributed by atoms with Crippen LogP contribution in [-0.4, -0.2) is 12.3 Å². The lowest BCUT2D eigenvalue weighted by Crippen LogP contribution is -2.29. The maximum Gasteiger partial charge on any atom is 0.311 e. The molecule has 0 radical (unpaired) electrons. The van der Waals surface area contributed by atoms with Gasteiger partial charge in [0.25, 0.3) is 6.43 Å². The molecule has 0 unspecified atom stereocenters. The summed E-state index contributed by atoms with van der Waals surface area (Å²) in [6.45, 7) is 3.56. The van der Waals surface area contributed by atoms with E-state index in [9.17, 15) is 26.3 Å². The average Bonchev–Trinajstić information content (AvgIpc) is 2.54. The Morgan fingerprint density at radius 2 is 1.73 bits per heavy atom. The molecule has 0 saturated carbocycles. The lowest BCUT2D eigenvalue weighted by atomic mass is 10.1. The molecular weight excluding hydrogens is 360 g/mol. The molecule has 0 spiro atoms. The van der Waals surface area contributed by atoms with Crippen LogP contribution < -0.4 is 10.1 Å². The summed E-state index contributed by atoms with van der Waals surface area (Å²) in [5.74, 6) is -4.07. The molecular formula is C18H15F6NO. The Balaban J connectivity index is 2.03. The van der Waals surface area contributed by atoms with E-state index in [1.807, 2.05) is 0 Å². The van der Waals surface area contributed by atoms with Gasteiger partial charge in [-0.3, -0.25) is 0 Å². The molecule has 2 nitrogen and oxygen atoms in total. The van der Waals surface area contributed by atoms with Gasteiger partial charge >= 0.3 is 12.3 Å². The van der Waals surface area contributed by atoms with Crippen LogP contribution in [-0.2, 0) is 6.42 Å². The Morgan fingerprint density at radius 3 is 2.38 bits per heavy atom. The van der Waals surface area contributed by atoms with Gasteiger partial charge in [-0.1, -0.05) is 24.3 Å². The maximum atomic E-state index is 13.1. The summed E-state index contributed by atoms with van der Waals surface area (Å²) in [6.07, 6.45) is -7.54. The first kappa shape index (κ1) is 19.7. The van der Waals surface area contributed by atoms with Crippen LogP contribution in [0.25, 0.3) is 0 Å². The van der Waals surface area contributed by atoms with E-state index in [0.29, 0.717) is 0 Å². The van der Waals surface area contributed by atoms with Gasteiger partial charge in [0.15, 0.2) is 5.88 Å². The molecule has 1 N–H and O–H groups in total. The molecule has 2 rings (SSSR count). The fourth-order valence-corrected chi connectivity index (χ4v) is 2.15. The van der Waals surface area contributed by atoms with Crippen LogP contribution in [0.5, 0.6) is 5.75 Å². The summed E-state index contributed by atoms with van der Waals surface area (Å²) >= 11 is 0. The van der Waals surface area contributed by atoms with Gasteiger partial charge in [-0.15, -0.1) is 0 Å². The molecule has 140 valence electrons. The highest BCUT2D eigenvalue weighted by molar-refractivity contribution is 5.49. The van der Waals surface area contributed by atoms with Gasteiger partial charge in [-0.05, 0) is 36.4 Å². The van der Waals surface area contributed by atoms with E-state index < -0.39 is 25.2 Å². The van der Waals surface area contributed by atoms with E-state index in [2.05, 4.69) is 11.9 Å². The molecule has 0 aliphatic heterocycles. The predicted molar refractivity (Wildman–Crippen MR) is 85.9 cm³/mol. The zero-order valence-electron chi connectivity index (χ0n) is 13.4. The van der Waals surface area contributed by atoms with Crippen LogP contribution in [0.1, 0.15) is 17.6 Å². The lowest BCUT2D eigenvalue weighted by molar-refractivity contribution is -0.127. The van der Waals surface area contributed by atoms with Crippen molar-refractivity contribution in [1.82, 2.24) is 0 Å². The van der Waals surface area contributed by atoms with E-state index in [-0.39, 0.29) is 28.4 Å². The number of ether oxygens (including phenoxy) is 1. The summed E-state index contributed by atoms with van der Waals surface area (Å²) < 4.78 is 81.5. The quantitative estimate of drug-likeness (QED) is 0.449. The number of anilines is 1. The predicted octanol–water partition coefficient (Wildman–Crippen LogP) is 6.03. The molecule has 2 aromatic rings. The van der Waals surface area contributed by atoms with Crippen molar-refractivity contribution in [2.75, 3.05) is 5.32 Å². The molecule has 26 heavy (non-hydrogen) atoms. The molecule has 0 amide bonds. The van der Waals surface area contributed by atoms with Crippen molar-refractivity contribution in [1.29, 1.82) is 0 Å². The van der Waals surface area contributed by atoms with Crippen molar-refractivity contribution in [2.45, 2.75) is 25.2 Å². The fraction of sp³-hybridized carbons (Fsp3) is 0.222. The second-order valence-electron chi connectivity index (χ2n) is 5.46. The molecule has 0 bridgehead atoms. The van der Waals surface area contributed by atoms with Crippen LogP contribution in [0.4, 0.5) is 32.0 Å². The van der Waals surface area contributed by atoms with Gasteiger partial charge in [0.05, 0.1) is 0 Å². The van der Waals surface area contributed by atoms with Crippen LogP contribution in [0.2, 0.25) is 0 Å². The number of halogens is 6. The van der Waals surface area contributed by atoms with Crippen molar-refractivity contribution in [2.24, 2.45) is 0 Å². The molecule has 0 fully saturated rings. The van der Waals surface area contributed by atoms with E-state index >= 15 is 0 Å². The third-order valence-corrected chi connectivity index (χ3v) is 3.32. The number of hydrogen-bond acceptors (Lipinski definition) is 2. The Kier molecular flexibility index (Phi) is 6.18. The molecule has 0 atom stereocenters. The first-order valence-corrected chi connectivity index (χ1v) is 7.44. The second-order valence-corrected chi connectivity index (χ2v) is 5.46. The van der Waals surface area contributed by atoms with E-state index in [1.54, 1.807) is 0 Å². The van der Waals surface area contributed by atoms with Crippen molar-refractivity contribution in [3.63, 3.8) is 0 Å². The zero-order chi connectivity index (χ0) is 19.3. The Labute approximate surface area is 146 Å².